The molecule has 0 saturated carbocycles. The van der Waals surface area contributed by atoms with Crippen LogP contribution in [-0.2, 0) is 6.42 Å². The fourth-order valence-electron chi connectivity index (χ4n) is 2.31. The smallest absolute Gasteiger partial charge is 0.0833 e. The van der Waals surface area contributed by atoms with E-state index in [0.717, 1.165) is 23.2 Å². The first-order valence-corrected chi connectivity index (χ1v) is 7.29. The van der Waals surface area contributed by atoms with Gasteiger partial charge in [-0.1, -0.05) is 66.7 Å². The first-order chi connectivity index (χ1) is 10.2. The van der Waals surface area contributed by atoms with Crippen LogP contribution in [0.5, 0.6) is 0 Å². The highest BCUT2D eigenvalue weighted by Crippen LogP contribution is 2.21. The average Bonchev–Trinajstić information content (AvgIpc) is 2.49. The minimum Gasteiger partial charge on any atom is -0.388 e. The summed E-state index contributed by atoms with van der Waals surface area (Å²) in [5, 5.41) is 10.6. The molecule has 0 aliphatic carbocycles. The normalized spacial score (nSPS) is 13.4. The Balaban J connectivity index is 2.21. The van der Waals surface area contributed by atoms with Gasteiger partial charge in [-0.05, 0) is 30.8 Å². The summed E-state index contributed by atoms with van der Waals surface area (Å²) < 4.78 is 0. The number of nitrogens with zero attached hydrogens (tertiary/aromatic N) is 1. The fraction of sp³-hybridized carbons (Fsp3) is 0.263. The summed E-state index contributed by atoms with van der Waals surface area (Å²) >= 11 is 0. The maximum atomic E-state index is 10.6. The van der Waals surface area contributed by atoms with Gasteiger partial charge in [0.05, 0.1) is 6.10 Å². The number of likely N-dealkylation sites (N-methyl/N-ethyl adjacent to an activating group) is 1. The highest BCUT2D eigenvalue weighted by Gasteiger charge is 2.13. The van der Waals surface area contributed by atoms with E-state index in [-0.39, 0.29) is 0 Å². The molecular weight excluding hydrogens is 258 g/mol. The molecule has 1 unspecified atom stereocenters. The summed E-state index contributed by atoms with van der Waals surface area (Å²) in [4.78, 5) is 2.10. The van der Waals surface area contributed by atoms with E-state index in [1.165, 1.54) is 0 Å². The predicted molar refractivity (Wildman–Crippen MR) is 89.1 cm³/mol. The Morgan fingerprint density at radius 2 is 1.57 bits per heavy atom. The molecule has 0 saturated heterocycles. The number of benzene rings is 2. The van der Waals surface area contributed by atoms with E-state index in [9.17, 15) is 5.11 Å². The summed E-state index contributed by atoms with van der Waals surface area (Å²) in [5.41, 5.74) is 3.23. The van der Waals surface area contributed by atoms with E-state index in [1.54, 1.807) is 0 Å². The Bertz CT molecular complexity index is 561. The molecule has 110 valence electrons. The molecule has 0 aromatic heterocycles. The van der Waals surface area contributed by atoms with E-state index >= 15 is 0 Å². The molecule has 1 N–H and O–H groups in total. The van der Waals surface area contributed by atoms with Crippen LogP contribution < -0.4 is 0 Å². The van der Waals surface area contributed by atoms with Crippen LogP contribution >= 0.6 is 0 Å². The average molecular weight is 281 g/mol. The second kappa shape index (κ2) is 7.77. The largest absolute Gasteiger partial charge is 0.388 e. The van der Waals surface area contributed by atoms with Crippen molar-refractivity contribution in [1.82, 2.24) is 4.90 Å². The van der Waals surface area contributed by atoms with Gasteiger partial charge in [0.15, 0.2) is 0 Å². The van der Waals surface area contributed by atoms with E-state index in [4.69, 9.17) is 0 Å². The molecule has 0 spiro atoms. The van der Waals surface area contributed by atoms with E-state index in [0.29, 0.717) is 6.42 Å². The maximum Gasteiger partial charge on any atom is 0.0833 e. The minimum atomic E-state index is -0.491. The van der Waals surface area contributed by atoms with Crippen LogP contribution in [0.3, 0.4) is 0 Å². The van der Waals surface area contributed by atoms with Crippen molar-refractivity contribution in [2.75, 3.05) is 20.6 Å². The number of aliphatic hydroxyl groups is 1. The van der Waals surface area contributed by atoms with Crippen LogP contribution in [0.2, 0.25) is 0 Å². The maximum absolute atomic E-state index is 10.6. The first kappa shape index (κ1) is 15.5. The minimum absolute atomic E-state index is 0.491. The van der Waals surface area contributed by atoms with Gasteiger partial charge in [-0.3, -0.25) is 0 Å². The van der Waals surface area contributed by atoms with Crippen LogP contribution in [0.1, 0.15) is 11.1 Å². The van der Waals surface area contributed by atoms with Crippen LogP contribution in [0.15, 0.2) is 66.7 Å². The van der Waals surface area contributed by atoms with Crippen molar-refractivity contribution in [3.8, 4) is 0 Å². The van der Waals surface area contributed by atoms with Crippen molar-refractivity contribution in [3.05, 3.63) is 77.9 Å². The second-order valence-electron chi connectivity index (χ2n) is 5.49. The third-order valence-electron chi connectivity index (χ3n) is 3.41. The zero-order valence-electron chi connectivity index (χ0n) is 12.7. The molecule has 2 nitrogen and oxygen atoms in total. The topological polar surface area (TPSA) is 23.5 Å². The Labute approximate surface area is 127 Å². The van der Waals surface area contributed by atoms with Crippen molar-refractivity contribution in [2.24, 2.45) is 0 Å². The van der Waals surface area contributed by atoms with Gasteiger partial charge < -0.3 is 10.0 Å². The number of rotatable bonds is 6. The third-order valence-corrected chi connectivity index (χ3v) is 3.41. The van der Waals surface area contributed by atoms with Crippen LogP contribution in [0.4, 0.5) is 0 Å². The second-order valence-corrected chi connectivity index (χ2v) is 5.49. The van der Waals surface area contributed by atoms with E-state index < -0.39 is 6.10 Å². The SMILES string of the molecule is CN(C)C/C=C(\c1ccccc1)C(O)Cc1ccccc1. The molecule has 2 aromatic rings. The molecule has 0 aliphatic heterocycles. The molecule has 0 amide bonds. The van der Waals surface area contributed by atoms with Gasteiger partial charge in [0.2, 0.25) is 0 Å². The molecule has 2 heteroatoms. The summed E-state index contributed by atoms with van der Waals surface area (Å²) in [6.45, 7) is 0.816. The molecule has 0 aliphatic rings. The Kier molecular flexibility index (Phi) is 5.73. The molecule has 1 atom stereocenters. The van der Waals surface area contributed by atoms with Gasteiger partial charge in [-0.25, -0.2) is 0 Å². The van der Waals surface area contributed by atoms with Gasteiger partial charge in [0, 0.05) is 13.0 Å². The summed E-state index contributed by atoms with van der Waals surface area (Å²) in [6.07, 6.45) is 2.26. The zero-order valence-corrected chi connectivity index (χ0v) is 12.7. The van der Waals surface area contributed by atoms with E-state index in [1.807, 2.05) is 50.5 Å². The number of hydrogen-bond donors (Lipinski definition) is 1. The van der Waals surface area contributed by atoms with Gasteiger partial charge in [-0.15, -0.1) is 0 Å². The number of aliphatic hydroxyl groups excluding tert-OH is 1. The molecule has 0 bridgehead atoms. The molecule has 0 fully saturated rings. The molecule has 0 radical (unpaired) electrons. The summed E-state index contributed by atoms with van der Waals surface area (Å²) in [5.74, 6) is 0. The van der Waals surface area contributed by atoms with E-state index in [2.05, 4.69) is 35.2 Å². The van der Waals surface area contributed by atoms with Crippen molar-refractivity contribution >= 4 is 5.57 Å². The standard InChI is InChI=1S/C19H23NO/c1-20(2)14-13-18(17-11-7-4-8-12-17)19(21)15-16-9-5-3-6-10-16/h3-13,19,21H,14-15H2,1-2H3/b18-13+. The third kappa shape index (κ3) is 4.85. The van der Waals surface area contributed by atoms with Gasteiger partial charge in [0.1, 0.15) is 0 Å². The fourth-order valence-corrected chi connectivity index (χ4v) is 2.31. The van der Waals surface area contributed by atoms with Crippen LogP contribution in [0.25, 0.3) is 5.57 Å². The summed E-state index contributed by atoms with van der Waals surface area (Å²) in [6, 6.07) is 20.2. The van der Waals surface area contributed by atoms with Gasteiger partial charge >= 0.3 is 0 Å². The lowest BCUT2D eigenvalue weighted by atomic mass is 9.95. The lowest BCUT2D eigenvalue weighted by Gasteiger charge is -2.17. The molecular formula is C19H23NO. The van der Waals surface area contributed by atoms with Crippen molar-refractivity contribution < 1.29 is 5.11 Å². The first-order valence-electron chi connectivity index (χ1n) is 7.29. The van der Waals surface area contributed by atoms with Gasteiger partial charge in [0.25, 0.3) is 0 Å². The summed E-state index contributed by atoms with van der Waals surface area (Å²) in [7, 11) is 4.06. The van der Waals surface area contributed by atoms with Crippen molar-refractivity contribution in [2.45, 2.75) is 12.5 Å². The Morgan fingerprint density at radius 3 is 2.14 bits per heavy atom. The monoisotopic (exact) mass is 281 g/mol. The highest BCUT2D eigenvalue weighted by atomic mass is 16.3. The Morgan fingerprint density at radius 1 is 1.00 bits per heavy atom. The quantitative estimate of drug-likeness (QED) is 0.878. The van der Waals surface area contributed by atoms with Crippen LogP contribution in [-0.4, -0.2) is 36.8 Å². The van der Waals surface area contributed by atoms with Crippen molar-refractivity contribution in [3.63, 3.8) is 0 Å². The van der Waals surface area contributed by atoms with Crippen LogP contribution in [0, 0.1) is 0 Å². The molecule has 0 heterocycles. The Hall–Kier alpha value is -1.90. The van der Waals surface area contributed by atoms with Gasteiger partial charge in [-0.2, -0.15) is 0 Å². The van der Waals surface area contributed by atoms with Crippen molar-refractivity contribution in [1.29, 1.82) is 0 Å². The number of hydrogen-bond acceptors (Lipinski definition) is 2. The predicted octanol–water partition coefficient (Wildman–Crippen LogP) is 3.24. The highest BCUT2D eigenvalue weighted by molar-refractivity contribution is 5.69. The molecule has 2 aromatic carbocycles. The zero-order chi connectivity index (χ0) is 15.1. The lowest BCUT2D eigenvalue weighted by Crippen LogP contribution is -2.17. The molecule has 21 heavy (non-hydrogen) atoms. The lowest BCUT2D eigenvalue weighted by molar-refractivity contribution is 0.232. The molecule has 2 rings (SSSR count).